The van der Waals surface area contributed by atoms with Gasteiger partial charge in [-0.05, 0) is 63.6 Å². The summed E-state index contributed by atoms with van der Waals surface area (Å²) in [5.74, 6) is -0.759. The number of benzene rings is 1. The Bertz CT molecular complexity index is 909. The number of nitrogens with one attached hydrogen (secondary N) is 2. The summed E-state index contributed by atoms with van der Waals surface area (Å²) >= 11 is 0. The number of aliphatic hydroxyl groups is 1. The van der Waals surface area contributed by atoms with E-state index in [1.54, 1.807) is 32.9 Å². The number of carbonyl (C=O) groups is 3. The van der Waals surface area contributed by atoms with Gasteiger partial charge in [-0.3, -0.25) is 9.59 Å². The van der Waals surface area contributed by atoms with Gasteiger partial charge in [0.2, 0.25) is 11.8 Å². The average molecular weight is 490 g/mol. The van der Waals surface area contributed by atoms with Gasteiger partial charge in [0, 0.05) is 12.1 Å². The fourth-order valence-electron chi connectivity index (χ4n) is 4.65. The van der Waals surface area contributed by atoms with Crippen molar-refractivity contribution in [3.8, 4) is 5.75 Å². The molecule has 0 radical (unpaired) electrons. The van der Waals surface area contributed by atoms with Gasteiger partial charge >= 0.3 is 6.09 Å². The zero-order chi connectivity index (χ0) is 25.8. The van der Waals surface area contributed by atoms with Crippen molar-refractivity contribution in [3.63, 3.8) is 0 Å². The fraction of sp³-hybridized carbons (Fsp3) is 0.654. The lowest BCUT2D eigenvalue weighted by Gasteiger charge is -2.36. The topological polar surface area (TPSA) is 128 Å². The zero-order valence-electron chi connectivity index (χ0n) is 21.1. The number of nitrogens with zero attached hydrogens (tertiary/aromatic N) is 1. The third-order valence-corrected chi connectivity index (χ3v) is 6.51. The maximum absolute atomic E-state index is 13.8. The summed E-state index contributed by atoms with van der Waals surface area (Å²) in [6, 6.07) is 3.82. The van der Waals surface area contributed by atoms with Crippen LogP contribution in [-0.2, 0) is 14.3 Å². The molecule has 3 rings (SSSR count). The number of alkyl carbamates (subject to hydrolysis) is 1. The molecule has 194 valence electrons. The molecule has 0 saturated heterocycles. The van der Waals surface area contributed by atoms with Crippen LogP contribution in [0.15, 0.2) is 24.3 Å². The molecule has 0 aromatic heterocycles. The normalized spacial score (nSPS) is 22.0. The molecule has 1 aromatic carbocycles. The largest absolute Gasteiger partial charge is 0.508 e. The van der Waals surface area contributed by atoms with Crippen LogP contribution in [0, 0.1) is 5.92 Å². The van der Waals surface area contributed by atoms with Gasteiger partial charge in [0.05, 0.1) is 6.61 Å². The lowest BCUT2D eigenvalue weighted by molar-refractivity contribution is -0.144. The summed E-state index contributed by atoms with van der Waals surface area (Å²) in [5, 5.41) is 25.7. The Hall–Kier alpha value is -2.81. The Kier molecular flexibility index (Phi) is 8.64. The van der Waals surface area contributed by atoms with Gasteiger partial charge < -0.3 is 30.5 Å². The standard InChI is InChI=1S/C26H39N3O6/c1-16-13-21(16)29(24(33)20(15-30)28-25(34)35-26(2,3)4)22(17-9-8-12-19(31)14-17)23(32)27-18-10-6-5-7-11-18/h8-9,12,14,16,18,20-22,30-31H,5-7,10-11,13,15H2,1-4H3,(H,27,32)(H,28,34). The van der Waals surface area contributed by atoms with Gasteiger partial charge in [-0.15, -0.1) is 0 Å². The van der Waals surface area contributed by atoms with Crippen LogP contribution in [0.25, 0.3) is 0 Å². The molecule has 1 aromatic rings. The number of phenolic OH excluding ortho intramolecular Hbond substituents is 1. The van der Waals surface area contributed by atoms with Crippen LogP contribution in [0.1, 0.15) is 77.8 Å². The summed E-state index contributed by atoms with van der Waals surface area (Å²) in [5.41, 5.74) is -0.304. The number of aromatic hydroxyl groups is 1. The Balaban J connectivity index is 1.91. The first-order valence-electron chi connectivity index (χ1n) is 12.5. The van der Waals surface area contributed by atoms with E-state index < -0.39 is 36.3 Å². The summed E-state index contributed by atoms with van der Waals surface area (Å²) < 4.78 is 5.26. The van der Waals surface area contributed by atoms with Gasteiger partial charge in [-0.25, -0.2) is 4.79 Å². The SMILES string of the molecule is CC1CC1N(C(=O)C(CO)NC(=O)OC(C)(C)C)C(C(=O)NC1CCCCC1)c1cccc(O)c1. The second-order valence-corrected chi connectivity index (χ2v) is 10.7. The van der Waals surface area contributed by atoms with Crippen LogP contribution < -0.4 is 10.6 Å². The van der Waals surface area contributed by atoms with Crippen molar-refractivity contribution in [2.75, 3.05) is 6.61 Å². The van der Waals surface area contributed by atoms with Crippen molar-refractivity contribution in [2.45, 2.75) is 96.0 Å². The van der Waals surface area contributed by atoms with Crippen LogP contribution in [0.2, 0.25) is 0 Å². The molecule has 4 N–H and O–H groups in total. The van der Waals surface area contributed by atoms with E-state index in [9.17, 15) is 24.6 Å². The van der Waals surface area contributed by atoms with Crippen molar-refractivity contribution in [1.82, 2.24) is 15.5 Å². The summed E-state index contributed by atoms with van der Waals surface area (Å²) in [4.78, 5) is 41.2. The predicted octanol–water partition coefficient (Wildman–Crippen LogP) is 3.00. The van der Waals surface area contributed by atoms with Crippen molar-refractivity contribution < 1.29 is 29.3 Å². The van der Waals surface area contributed by atoms with Gasteiger partial charge in [-0.2, -0.15) is 0 Å². The molecule has 0 heterocycles. The van der Waals surface area contributed by atoms with E-state index in [4.69, 9.17) is 4.74 Å². The molecule has 2 saturated carbocycles. The average Bonchev–Trinajstić information content (AvgIpc) is 3.50. The number of aliphatic hydroxyl groups excluding tert-OH is 1. The molecule has 0 bridgehead atoms. The minimum absolute atomic E-state index is 0.0141. The summed E-state index contributed by atoms with van der Waals surface area (Å²) in [6.07, 6.45) is 4.85. The van der Waals surface area contributed by atoms with E-state index in [2.05, 4.69) is 10.6 Å². The van der Waals surface area contributed by atoms with Gasteiger partial charge in [0.25, 0.3) is 0 Å². The highest BCUT2D eigenvalue weighted by molar-refractivity contribution is 5.92. The number of ether oxygens (including phenoxy) is 1. The number of hydrogen-bond donors (Lipinski definition) is 4. The number of phenols is 1. The number of hydrogen-bond acceptors (Lipinski definition) is 6. The lowest BCUT2D eigenvalue weighted by atomic mass is 9.94. The van der Waals surface area contributed by atoms with E-state index in [-0.39, 0.29) is 29.7 Å². The quantitative estimate of drug-likeness (QED) is 0.444. The molecule has 2 fully saturated rings. The molecule has 0 aliphatic heterocycles. The molecule has 35 heavy (non-hydrogen) atoms. The van der Waals surface area contributed by atoms with Crippen LogP contribution in [0.3, 0.4) is 0 Å². The molecular weight excluding hydrogens is 450 g/mol. The molecule has 3 amide bonds. The van der Waals surface area contributed by atoms with Crippen molar-refractivity contribution >= 4 is 17.9 Å². The van der Waals surface area contributed by atoms with Crippen molar-refractivity contribution in [2.24, 2.45) is 5.92 Å². The highest BCUT2D eigenvalue weighted by atomic mass is 16.6. The fourth-order valence-corrected chi connectivity index (χ4v) is 4.65. The third kappa shape index (κ3) is 7.34. The van der Waals surface area contributed by atoms with E-state index in [1.807, 2.05) is 6.92 Å². The Morgan fingerprint density at radius 2 is 1.83 bits per heavy atom. The highest BCUT2D eigenvalue weighted by Gasteiger charge is 2.48. The number of carbonyl (C=O) groups excluding carboxylic acids is 3. The third-order valence-electron chi connectivity index (χ3n) is 6.51. The molecule has 4 unspecified atom stereocenters. The van der Waals surface area contributed by atoms with Crippen molar-refractivity contribution in [1.29, 1.82) is 0 Å². The minimum atomic E-state index is -1.28. The van der Waals surface area contributed by atoms with Crippen LogP contribution in [-0.4, -0.2) is 63.4 Å². The van der Waals surface area contributed by atoms with E-state index in [1.165, 1.54) is 17.0 Å². The predicted molar refractivity (Wildman–Crippen MR) is 131 cm³/mol. The van der Waals surface area contributed by atoms with E-state index in [0.717, 1.165) is 32.1 Å². The van der Waals surface area contributed by atoms with Crippen LogP contribution >= 0.6 is 0 Å². The number of amides is 3. The Morgan fingerprint density at radius 1 is 1.17 bits per heavy atom. The molecule has 4 atom stereocenters. The monoisotopic (exact) mass is 489 g/mol. The Labute approximate surface area is 207 Å². The Morgan fingerprint density at radius 3 is 2.37 bits per heavy atom. The van der Waals surface area contributed by atoms with Gasteiger partial charge in [0.15, 0.2) is 0 Å². The highest BCUT2D eigenvalue weighted by Crippen LogP contribution is 2.41. The second-order valence-electron chi connectivity index (χ2n) is 10.7. The molecule has 2 aliphatic carbocycles. The van der Waals surface area contributed by atoms with Gasteiger partial charge in [-0.1, -0.05) is 38.3 Å². The van der Waals surface area contributed by atoms with Crippen LogP contribution in [0.5, 0.6) is 5.75 Å². The molecular formula is C26H39N3O6. The summed E-state index contributed by atoms with van der Waals surface area (Å²) in [7, 11) is 0. The van der Waals surface area contributed by atoms with Crippen molar-refractivity contribution in [3.05, 3.63) is 29.8 Å². The second kappa shape index (κ2) is 11.3. The first-order chi connectivity index (χ1) is 16.5. The molecule has 0 spiro atoms. The lowest BCUT2D eigenvalue weighted by Crippen LogP contribution is -2.56. The van der Waals surface area contributed by atoms with Gasteiger partial charge in [0.1, 0.15) is 23.4 Å². The molecule has 9 heteroatoms. The van der Waals surface area contributed by atoms with Crippen LogP contribution in [0.4, 0.5) is 4.79 Å². The summed E-state index contributed by atoms with van der Waals surface area (Å²) in [6.45, 7) is 6.45. The molecule has 9 nitrogen and oxygen atoms in total. The van der Waals surface area contributed by atoms with E-state index >= 15 is 0 Å². The molecule has 2 aliphatic rings. The first kappa shape index (κ1) is 26.8. The maximum atomic E-state index is 13.8. The zero-order valence-corrected chi connectivity index (χ0v) is 21.1. The maximum Gasteiger partial charge on any atom is 0.408 e. The minimum Gasteiger partial charge on any atom is -0.508 e. The van der Waals surface area contributed by atoms with E-state index in [0.29, 0.717) is 12.0 Å². The smallest absolute Gasteiger partial charge is 0.408 e. The number of rotatable bonds is 8. The first-order valence-corrected chi connectivity index (χ1v) is 12.5.